The van der Waals surface area contributed by atoms with E-state index in [0.717, 1.165) is 6.07 Å². The molecule has 0 aliphatic rings. The van der Waals surface area contributed by atoms with Gasteiger partial charge in [0.1, 0.15) is 5.82 Å². The van der Waals surface area contributed by atoms with Crippen LogP contribution in [0.4, 0.5) is 4.39 Å². The minimum Gasteiger partial charge on any atom is -0.478 e. The van der Waals surface area contributed by atoms with Crippen molar-refractivity contribution in [1.82, 2.24) is 4.72 Å². The summed E-state index contributed by atoms with van der Waals surface area (Å²) in [7, 11) is -4.03. The zero-order valence-corrected chi connectivity index (χ0v) is 12.1. The van der Waals surface area contributed by atoms with Gasteiger partial charge in [-0.25, -0.2) is 22.3 Å². The van der Waals surface area contributed by atoms with Crippen LogP contribution in [0.3, 0.4) is 0 Å². The fourth-order valence-electron chi connectivity index (χ4n) is 1.35. The number of nitrogens with one attached hydrogen (secondary N) is 1. The Morgan fingerprint density at radius 1 is 1.50 bits per heavy atom. The highest BCUT2D eigenvalue weighted by atomic mass is 35.5. The van der Waals surface area contributed by atoms with E-state index in [1.807, 2.05) is 0 Å². The van der Waals surface area contributed by atoms with Gasteiger partial charge >= 0.3 is 5.97 Å². The molecule has 0 aliphatic carbocycles. The number of sulfonamides is 1. The third-order valence-electron chi connectivity index (χ3n) is 2.29. The smallest absolute Gasteiger partial charge is 0.337 e. The molecule has 2 N–H and O–H groups in total. The van der Waals surface area contributed by atoms with Gasteiger partial charge in [0.05, 0.1) is 22.1 Å². The van der Waals surface area contributed by atoms with Crippen LogP contribution in [-0.2, 0) is 14.8 Å². The molecule has 0 spiro atoms. The molecule has 0 amide bonds. The Morgan fingerprint density at radius 3 is 2.70 bits per heavy atom. The van der Waals surface area contributed by atoms with E-state index >= 15 is 0 Å². The highest BCUT2D eigenvalue weighted by Crippen LogP contribution is 2.24. The van der Waals surface area contributed by atoms with Crippen LogP contribution in [0.15, 0.2) is 17.0 Å². The summed E-state index contributed by atoms with van der Waals surface area (Å²) in [6, 6.07) is 1.47. The molecule has 1 aromatic rings. The SMILES string of the molecule is CCOCCNS(=O)(=O)c1cc(F)c(Cl)c(C(=O)O)c1. The van der Waals surface area contributed by atoms with Crippen LogP contribution in [0.5, 0.6) is 0 Å². The molecule has 0 bridgehead atoms. The molecule has 0 aromatic heterocycles. The lowest BCUT2D eigenvalue weighted by molar-refractivity contribution is 0.0696. The average Bonchev–Trinajstić information content (AvgIpc) is 2.37. The predicted molar refractivity (Wildman–Crippen MR) is 70.1 cm³/mol. The molecule has 6 nitrogen and oxygen atoms in total. The molecule has 112 valence electrons. The van der Waals surface area contributed by atoms with Gasteiger partial charge in [-0.3, -0.25) is 0 Å². The summed E-state index contributed by atoms with van der Waals surface area (Å²) in [6.07, 6.45) is 0. The van der Waals surface area contributed by atoms with Gasteiger partial charge in [-0.05, 0) is 19.1 Å². The van der Waals surface area contributed by atoms with Crippen LogP contribution < -0.4 is 4.72 Å². The van der Waals surface area contributed by atoms with Crippen molar-refractivity contribution in [1.29, 1.82) is 0 Å². The molecule has 0 saturated heterocycles. The first-order chi connectivity index (χ1) is 9.29. The molecule has 0 aliphatic heterocycles. The van der Waals surface area contributed by atoms with Crippen molar-refractivity contribution in [3.8, 4) is 0 Å². The van der Waals surface area contributed by atoms with Crippen LogP contribution in [0.25, 0.3) is 0 Å². The Balaban J connectivity index is 3.04. The summed E-state index contributed by atoms with van der Waals surface area (Å²) in [5.41, 5.74) is -0.614. The van der Waals surface area contributed by atoms with Crippen LogP contribution in [0, 0.1) is 5.82 Å². The second kappa shape index (κ2) is 6.98. The molecule has 20 heavy (non-hydrogen) atoms. The molecule has 0 saturated carbocycles. The van der Waals surface area contributed by atoms with Crippen molar-refractivity contribution in [3.63, 3.8) is 0 Å². The minimum absolute atomic E-state index is 0.0111. The van der Waals surface area contributed by atoms with Gasteiger partial charge in [0, 0.05) is 13.2 Å². The van der Waals surface area contributed by atoms with Gasteiger partial charge in [-0.2, -0.15) is 0 Å². The highest BCUT2D eigenvalue weighted by molar-refractivity contribution is 7.89. The number of benzene rings is 1. The second-order valence-corrected chi connectivity index (χ2v) is 5.81. The fourth-order valence-corrected chi connectivity index (χ4v) is 2.59. The number of carboxylic acid groups (broad SMARTS) is 1. The first kappa shape index (κ1) is 16.8. The van der Waals surface area contributed by atoms with Gasteiger partial charge in [-0.15, -0.1) is 0 Å². The van der Waals surface area contributed by atoms with E-state index in [0.29, 0.717) is 12.7 Å². The molecule has 0 radical (unpaired) electrons. The molecule has 0 atom stereocenters. The maximum Gasteiger partial charge on any atom is 0.337 e. The number of hydrogen-bond acceptors (Lipinski definition) is 4. The molecule has 0 fully saturated rings. The van der Waals surface area contributed by atoms with Gasteiger partial charge in [0.15, 0.2) is 0 Å². The molecule has 0 unspecified atom stereocenters. The Bertz CT molecular complexity index is 605. The molecule has 1 aromatic carbocycles. The number of aromatic carboxylic acids is 1. The Morgan fingerprint density at radius 2 is 2.15 bits per heavy atom. The van der Waals surface area contributed by atoms with E-state index in [1.54, 1.807) is 6.92 Å². The van der Waals surface area contributed by atoms with Gasteiger partial charge in [0.2, 0.25) is 10.0 Å². The van der Waals surface area contributed by atoms with E-state index in [2.05, 4.69) is 4.72 Å². The quantitative estimate of drug-likeness (QED) is 0.741. The fraction of sp³-hybridized carbons (Fsp3) is 0.364. The largest absolute Gasteiger partial charge is 0.478 e. The topological polar surface area (TPSA) is 92.7 Å². The molecule has 1 rings (SSSR count). The number of carboxylic acids is 1. The minimum atomic E-state index is -4.03. The van der Waals surface area contributed by atoms with Crippen LogP contribution >= 0.6 is 11.6 Å². The maximum atomic E-state index is 13.5. The van der Waals surface area contributed by atoms with Crippen LogP contribution in [0.1, 0.15) is 17.3 Å². The molecular formula is C11H13ClFNO5S. The zero-order valence-electron chi connectivity index (χ0n) is 10.5. The van der Waals surface area contributed by atoms with Gasteiger partial charge in [-0.1, -0.05) is 11.6 Å². The number of ether oxygens (including phenoxy) is 1. The number of carbonyl (C=O) groups is 1. The van der Waals surface area contributed by atoms with Crippen molar-refractivity contribution in [2.24, 2.45) is 0 Å². The van der Waals surface area contributed by atoms with Crippen molar-refractivity contribution in [3.05, 3.63) is 28.5 Å². The number of rotatable bonds is 7. The lowest BCUT2D eigenvalue weighted by Crippen LogP contribution is -2.27. The van der Waals surface area contributed by atoms with E-state index in [1.165, 1.54) is 0 Å². The monoisotopic (exact) mass is 325 g/mol. The number of hydrogen-bond donors (Lipinski definition) is 2. The van der Waals surface area contributed by atoms with Gasteiger partial charge in [0.25, 0.3) is 0 Å². The molecular weight excluding hydrogens is 313 g/mol. The summed E-state index contributed by atoms with van der Waals surface area (Å²) >= 11 is 5.46. The van der Waals surface area contributed by atoms with E-state index in [-0.39, 0.29) is 13.2 Å². The number of halogens is 2. The summed E-state index contributed by atoms with van der Waals surface area (Å²) in [6.45, 7) is 2.32. The normalized spacial score (nSPS) is 11.6. The maximum absolute atomic E-state index is 13.5. The summed E-state index contributed by atoms with van der Waals surface area (Å²) in [5, 5.41) is 8.21. The van der Waals surface area contributed by atoms with Crippen molar-refractivity contribution < 1.29 is 27.4 Å². The van der Waals surface area contributed by atoms with E-state index in [4.69, 9.17) is 21.4 Å². The third kappa shape index (κ3) is 4.14. The lowest BCUT2D eigenvalue weighted by Gasteiger charge is -2.09. The lowest BCUT2D eigenvalue weighted by atomic mass is 10.2. The summed E-state index contributed by atoms with van der Waals surface area (Å²) < 4.78 is 44.3. The average molecular weight is 326 g/mol. The third-order valence-corrected chi connectivity index (χ3v) is 4.11. The summed E-state index contributed by atoms with van der Waals surface area (Å²) in [5.74, 6) is -2.63. The molecule has 0 heterocycles. The molecule has 9 heteroatoms. The van der Waals surface area contributed by atoms with Crippen LogP contribution in [-0.4, -0.2) is 39.3 Å². The van der Waals surface area contributed by atoms with E-state index in [9.17, 15) is 17.6 Å². The van der Waals surface area contributed by atoms with Crippen LogP contribution in [0.2, 0.25) is 5.02 Å². The first-order valence-electron chi connectivity index (χ1n) is 5.59. The van der Waals surface area contributed by atoms with Gasteiger partial charge < -0.3 is 9.84 Å². The van der Waals surface area contributed by atoms with Crippen molar-refractivity contribution in [2.45, 2.75) is 11.8 Å². The Kier molecular flexibility index (Phi) is 5.88. The Labute approximate surface area is 120 Å². The second-order valence-electron chi connectivity index (χ2n) is 3.67. The van der Waals surface area contributed by atoms with Crippen molar-refractivity contribution >= 4 is 27.6 Å². The van der Waals surface area contributed by atoms with Crippen molar-refractivity contribution in [2.75, 3.05) is 19.8 Å². The Hall–Kier alpha value is -1.22. The summed E-state index contributed by atoms with van der Waals surface area (Å²) in [4.78, 5) is 10.4. The standard InChI is InChI=1S/C11H13ClFNO5S/c1-2-19-4-3-14-20(17,18)7-5-8(11(15)16)10(12)9(13)6-7/h5-6,14H,2-4H2,1H3,(H,15,16). The highest BCUT2D eigenvalue weighted by Gasteiger charge is 2.21. The van der Waals surface area contributed by atoms with E-state index < -0.39 is 37.3 Å². The predicted octanol–water partition coefficient (Wildman–Crippen LogP) is 1.49. The first-order valence-corrected chi connectivity index (χ1v) is 7.45. The zero-order chi connectivity index (χ0) is 15.3.